The van der Waals surface area contributed by atoms with Crippen molar-refractivity contribution >= 4 is 11.4 Å². The first-order valence-corrected chi connectivity index (χ1v) is 5.10. The van der Waals surface area contributed by atoms with Crippen LogP contribution in [0.1, 0.15) is 11.1 Å². The third-order valence-corrected chi connectivity index (χ3v) is 2.45. The van der Waals surface area contributed by atoms with E-state index >= 15 is 0 Å². The number of nitro groups is 1. The van der Waals surface area contributed by atoms with Gasteiger partial charge in [-0.15, -0.1) is 0 Å². The van der Waals surface area contributed by atoms with Gasteiger partial charge in [-0.25, -0.2) is 0 Å². The Morgan fingerprint density at radius 2 is 2.00 bits per heavy atom. The number of nitro benzene ring substituents is 1. The molecule has 19 heavy (non-hydrogen) atoms. The fourth-order valence-electron chi connectivity index (χ4n) is 1.60. The second-order valence-electron chi connectivity index (χ2n) is 3.83. The van der Waals surface area contributed by atoms with Gasteiger partial charge in [0.2, 0.25) is 0 Å². The van der Waals surface area contributed by atoms with Crippen molar-refractivity contribution in [2.24, 2.45) is 0 Å². The van der Waals surface area contributed by atoms with Crippen molar-refractivity contribution in [2.45, 2.75) is 18.7 Å². The molecule has 6 nitrogen and oxygen atoms in total. The number of benzene rings is 1. The van der Waals surface area contributed by atoms with E-state index in [0.717, 1.165) is 6.07 Å². The maximum Gasteiger partial charge on any atom is 0.418 e. The molecule has 1 atom stereocenters. The summed E-state index contributed by atoms with van der Waals surface area (Å²) in [5.74, 6) is 0. The molecule has 0 aliphatic heterocycles. The molecule has 0 amide bonds. The molecule has 106 valence electrons. The maximum absolute atomic E-state index is 12.6. The van der Waals surface area contributed by atoms with Gasteiger partial charge in [-0.2, -0.15) is 13.2 Å². The van der Waals surface area contributed by atoms with Crippen LogP contribution in [0.15, 0.2) is 12.1 Å². The quantitative estimate of drug-likeness (QED) is 0.434. The van der Waals surface area contributed by atoms with E-state index in [9.17, 15) is 28.4 Å². The lowest BCUT2D eigenvalue weighted by atomic mass is 10.0. The van der Waals surface area contributed by atoms with E-state index in [1.54, 1.807) is 0 Å². The molecular weight excluding hydrogens is 269 g/mol. The molecule has 1 aromatic carbocycles. The molecule has 0 aliphatic carbocycles. The van der Waals surface area contributed by atoms with Crippen LogP contribution in [-0.4, -0.2) is 27.8 Å². The highest BCUT2D eigenvalue weighted by molar-refractivity contribution is 5.68. The summed E-state index contributed by atoms with van der Waals surface area (Å²) in [7, 11) is 0. The van der Waals surface area contributed by atoms with E-state index in [4.69, 9.17) is 10.8 Å². The number of nitrogen functional groups attached to an aromatic ring is 1. The van der Waals surface area contributed by atoms with Crippen LogP contribution in [0.5, 0.6) is 0 Å². The van der Waals surface area contributed by atoms with Gasteiger partial charge in [0, 0.05) is 12.0 Å². The number of aliphatic hydroxyl groups is 2. The molecule has 1 aromatic rings. The van der Waals surface area contributed by atoms with Crippen molar-refractivity contribution in [1.82, 2.24) is 0 Å². The zero-order chi connectivity index (χ0) is 14.8. The SMILES string of the molecule is Nc1c(C(F)(F)F)ccc(CC(O)CO)c1[N+](=O)[O-]. The Balaban J connectivity index is 3.36. The molecule has 0 spiro atoms. The molecule has 9 heteroatoms. The number of hydrogen-bond acceptors (Lipinski definition) is 5. The summed E-state index contributed by atoms with van der Waals surface area (Å²) in [6.45, 7) is -0.669. The van der Waals surface area contributed by atoms with E-state index in [1.165, 1.54) is 0 Å². The summed E-state index contributed by atoms with van der Waals surface area (Å²) in [4.78, 5) is 9.77. The topological polar surface area (TPSA) is 110 Å². The molecule has 1 unspecified atom stereocenters. The van der Waals surface area contributed by atoms with Crippen molar-refractivity contribution in [3.63, 3.8) is 0 Å². The number of nitrogens with two attached hydrogens (primary N) is 1. The van der Waals surface area contributed by atoms with Gasteiger partial charge >= 0.3 is 6.18 Å². The fourth-order valence-corrected chi connectivity index (χ4v) is 1.60. The molecule has 4 N–H and O–H groups in total. The van der Waals surface area contributed by atoms with Gasteiger partial charge in [0.05, 0.1) is 23.2 Å². The standard InChI is InChI=1S/C10H11F3N2O4/c11-10(12,13)7-2-1-5(3-6(17)4-16)9(8(7)14)15(18)19/h1-2,6,16-17H,3-4,14H2. The highest BCUT2D eigenvalue weighted by Crippen LogP contribution is 2.39. The lowest BCUT2D eigenvalue weighted by molar-refractivity contribution is -0.384. The average molecular weight is 280 g/mol. The predicted molar refractivity (Wildman–Crippen MR) is 59.3 cm³/mol. The normalized spacial score (nSPS) is 13.3. The Kier molecular flexibility index (Phi) is 4.32. The van der Waals surface area contributed by atoms with Gasteiger partial charge in [0.25, 0.3) is 5.69 Å². The highest BCUT2D eigenvalue weighted by Gasteiger charge is 2.37. The predicted octanol–water partition coefficient (Wildman–Crippen LogP) is 1.09. The largest absolute Gasteiger partial charge is 0.418 e. The summed E-state index contributed by atoms with van der Waals surface area (Å²) >= 11 is 0. The van der Waals surface area contributed by atoms with Crippen LogP contribution in [0.3, 0.4) is 0 Å². The smallest absolute Gasteiger partial charge is 0.394 e. The molecular formula is C10H11F3N2O4. The number of nitrogens with zero attached hydrogens (tertiary/aromatic N) is 1. The number of aliphatic hydroxyl groups excluding tert-OH is 2. The van der Waals surface area contributed by atoms with Crippen LogP contribution in [0.4, 0.5) is 24.5 Å². The van der Waals surface area contributed by atoms with Gasteiger partial charge in [-0.1, -0.05) is 6.07 Å². The third kappa shape index (κ3) is 3.32. The number of alkyl halides is 3. The van der Waals surface area contributed by atoms with Gasteiger partial charge < -0.3 is 15.9 Å². The molecule has 0 fully saturated rings. The number of rotatable bonds is 4. The molecule has 0 radical (unpaired) electrons. The maximum atomic E-state index is 12.6. The molecule has 0 aliphatic rings. The number of anilines is 1. The van der Waals surface area contributed by atoms with Crippen molar-refractivity contribution in [3.8, 4) is 0 Å². The fraction of sp³-hybridized carbons (Fsp3) is 0.400. The second kappa shape index (κ2) is 5.41. The van der Waals surface area contributed by atoms with Crippen LogP contribution >= 0.6 is 0 Å². The van der Waals surface area contributed by atoms with Gasteiger partial charge in [0.15, 0.2) is 0 Å². The Hall–Kier alpha value is -1.87. The Morgan fingerprint density at radius 1 is 1.42 bits per heavy atom. The van der Waals surface area contributed by atoms with Gasteiger partial charge in [-0.3, -0.25) is 10.1 Å². The van der Waals surface area contributed by atoms with Crippen molar-refractivity contribution < 1.29 is 28.3 Å². The molecule has 0 heterocycles. The van der Waals surface area contributed by atoms with Crippen molar-refractivity contribution in [2.75, 3.05) is 12.3 Å². The monoisotopic (exact) mass is 280 g/mol. The van der Waals surface area contributed by atoms with Crippen LogP contribution in [0, 0.1) is 10.1 Å². The summed E-state index contributed by atoms with van der Waals surface area (Å²) in [5, 5.41) is 28.7. The van der Waals surface area contributed by atoms with Crippen LogP contribution in [0.25, 0.3) is 0 Å². The highest BCUT2D eigenvalue weighted by atomic mass is 19.4. The molecule has 0 saturated carbocycles. The molecule has 0 aromatic heterocycles. The number of halogens is 3. The van der Waals surface area contributed by atoms with E-state index in [0.29, 0.717) is 6.07 Å². The zero-order valence-corrected chi connectivity index (χ0v) is 9.52. The van der Waals surface area contributed by atoms with Gasteiger partial charge in [0.1, 0.15) is 5.69 Å². The van der Waals surface area contributed by atoms with Crippen molar-refractivity contribution in [1.29, 1.82) is 0 Å². The van der Waals surface area contributed by atoms with Crippen LogP contribution in [-0.2, 0) is 12.6 Å². The zero-order valence-electron chi connectivity index (χ0n) is 9.52. The minimum absolute atomic E-state index is 0.169. The van der Waals surface area contributed by atoms with Gasteiger partial charge in [-0.05, 0) is 6.07 Å². The average Bonchev–Trinajstić information content (AvgIpc) is 2.26. The summed E-state index contributed by atoms with van der Waals surface area (Å²) in [5.41, 5.74) is 1.81. The Labute approximate surface area is 105 Å². The van der Waals surface area contributed by atoms with E-state index in [1.807, 2.05) is 0 Å². The molecule has 0 bridgehead atoms. The minimum Gasteiger partial charge on any atom is -0.394 e. The minimum atomic E-state index is -4.80. The third-order valence-electron chi connectivity index (χ3n) is 2.45. The lowest BCUT2D eigenvalue weighted by Gasteiger charge is -2.13. The van der Waals surface area contributed by atoms with E-state index in [-0.39, 0.29) is 12.0 Å². The Morgan fingerprint density at radius 3 is 2.42 bits per heavy atom. The first-order valence-electron chi connectivity index (χ1n) is 5.10. The van der Waals surface area contributed by atoms with Crippen LogP contribution < -0.4 is 5.73 Å². The Bertz CT molecular complexity index is 490. The van der Waals surface area contributed by atoms with Crippen molar-refractivity contribution in [3.05, 3.63) is 33.4 Å². The molecule has 1 rings (SSSR count). The lowest BCUT2D eigenvalue weighted by Crippen LogP contribution is -2.18. The van der Waals surface area contributed by atoms with E-state index < -0.39 is 40.7 Å². The number of hydrogen-bond donors (Lipinski definition) is 3. The molecule has 0 saturated heterocycles. The van der Waals surface area contributed by atoms with Crippen LogP contribution in [0.2, 0.25) is 0 Å². The summed E-state index contributed by atoms with van der Waals surface area (Å²) < 4.78 is 37.7. The summed E-state index contributed by atoms with van der Waals surface area (Å²) in [6, 6.07) is 1.48. The summed E-state index contributed by atoms with van der Waals surface area (Å²) in [6.07, 6.45) is -6.48. The second-order valence-corrected chi connectivity index (χ2v) is 3.83. The first-order chi connectivity index (χ1) is 8.68. The van der Waals surface area contributed by atoms with E-state index in [2.05, 4.69) is 0 Å². The first kappa shape index (κ1) is 15.2.